The Morgan fingerprint density at radius 3 is 2.64 bits per heavy atom. The molecule has 22 heavy (non-hydrogen) atoms. The zero-order chi connectivity index (χ0) is 15.3. The van der Waals surface area contributed by atoms with Gasteiger partial charge in [0.2, 0.25) is 0 Å². The monoisotopic (exact) mass is 294 g/mol. The number of carboxylic acids is 1. The van der Waals surface area contributed by atoms with Crippen LogP contribution >= 0.6 is 0 Å². The van der Waals surface area contributed by atoms with E-state index in [1.165, 1.54) is 11.1 Å². The number of rotatable bonds is 3. The SMILES string of the molecule is CC1C(C(=O)O)C12CCc1ccc(Oc3ccccc3)cc12. The van der Waals surface area contributed by atoms with Gasteiger partial charge < -0.3 is 9.84 Å². The van der Waals surface area contributed by atoms with E-state index >= 15 is 0 Å². The molecule has 1 fully saturated rings. The number of carbonyl (C=O) groups is 1. The van der Waals surface area contributed by atoms with E-state index in [1.54, 1.807) is 0 Å². The quantitative estimate of drug-likeness (QED) is 0.930. The molecule has 0 amide bonds. The summed E-state index contributed by atoms with van der Waals surface area (Å²) in [5.74, 6) is 0.872. The third-order valence-corrected chi connectivity index (χ3v) is 5.39. The van der Waals surface area contributed by atoms with E-state index in [4.69, 9.17) is 4.74 Å². The number of hydrogen-bond donors (Lipinski definition) is 1. The van der Waals surface area contributed by atoms with E-state index in [1.807, 2.05) is 36.4 Å². The number of fused-ring (bicyclic) bond motifs is 2. The van der Waals surface area contributed by atoms with Crippen molar-refractivity contribution < 1.29 is 14.6 Å². The Labute approximate surface area is 129 Å². The summed E-state index contributed by atoms with van der Waals surface area (Å²) in [7, 11) is 0. The van der Waals surface area contributed by atoms with Gasteiger partial charge in [-0.05, 0) is 54.2 Å². The summed E-state index contributed by atoms with van der Waals surface area (Å²) >= 11 is 0. The summed E-state index contributed by atoms with van der Waals surface area (Å²) in [6.45, 7) is 2.05. The molecule has 3 heteroatoms. The highest BCUT2D eigenvalue weighted by Crippen LogP contribution is 2.66. The van der Waals surface area contributed by atoms with Crippen molar-refractivity contribution >= 4 is 5.97 Å². The first-order chi connectivity index (χ1) is 10.6. The molecule has 1 spiro atoms. The van der Waals surface area contributed by atoms with Gasteiger partial charge in [0.15, 0.2) is 0 Å². The Morgan fingerprint density at radius 2 is 1.95 bits per heavy atom. The van der Waals surface area contributed by atoms with Gasteiger partial charge in [-0.3, -0.25) is 4.79 Å². The van der Waals surface area contributed by atoms with Gasteiger partial charge in [0.25, 0.3) is 0 Å². The number of carboxylic acid groups (broad SMARTS) is 1. The van der Waals surface area contributed by atoms with Crippen molar-refractivity contribution in [3.63, 3.8) is 0 Å². The van der Waals surface area contributed by atoms with Gasteiger partial charge in [-0.2, -0.15) is 0 Å². The molecular formula is C19H18O3. The molecule has 1 N–H and O–H groups in total. The van der Waals surface area contributed by atoms with Crippen molar-refractivity contribution in [2.24, 2.45) is 11.8 Å². The van der Waals surface area contributed by atoms with Crippen LogP contribution in [-0.4, -0.2) is 11.1 Å². The molecule has 3 atom stereocenters. The van der Waals surface area contributed by atoms with Crippen molar-refractivity contribution in [1.82, 2.24) is 0 Å². The second-order valence-corrected chi connectivity index (χ2v) is 6.38. The fraction of sp³-hybridized carbons (Fsp3) is 0.316. The minimum absolute atomic E-state index is 0.169. The van der Waals surface area contributed by atoms with Crippen LogP contribution in [0.15, 0.2) is 48.5 Å². The minimum atomic E-state index is -0.672. The average molecular weight is 294 g/mol. The summed E-state index contributed by atoms with van der Waals surface area (Å²) < 4.78 is 5.91. The second-order valence-electron chi connectivity index (χ2n) is 6.38. The molecule has 112 valence electrons. The maximum absolute atomic E-state index is 11.5. The van der Waals surface area contributed by atoms with Crippen LogP contribution in [0, 0.1) is 11.8 Å². The molecular weight excluding hydrogens is 276 g/mol. The first kappa shape index (κ1) is 13.4. The predicted octanol–water partition coefficient (Wildman–Crippen LogP) is 4.01. The number of ether oxygens (including phenoxy) is 1. The van der Waals surface area contributed by atoms with Crippen LogP contribution in [0.3, 0.4) is 0 Å². The van der Waals surface area contributed by atoms with Crippen molar-refractivity contribution in [3.05, 3.63) is 59.7 Å². The standard InChI is InChI=1S/C19H18O3/c1-12-17(18(20)21)19(12)10-9-13-7-8-15(11-16(13)19)22-14-5-3-2-4-6-14/h2-8,11-12,17H,9-10H2,1H3,(H,20,21). The van der Waals surface area contributed by atoms with Gasteiger partial charge in [-0.15, -0.1) is 0 Å². The van der Waals surface area contributed by atoms with Gasteiger partial charge in [-0.1, -0.05) is 31.2 Å². The van der Waals surface area contributed by atoms with E-state index in [9.17, 15) is 9.90 Å². The van der Waals surface area contributed by atoms with Crippen LogP contribution in [0.25, 0.3) is 0 Å². The molecule has 0 radical (unpaired) electrons. The highest BCUT2D eigenvalue weighted by atomic mass is 16.5. The fourth-order valence-electron chi connectivity index (χ4n) is 4.23. The molecule has 2 aliphatic carbocycles. The molecule has 0 saturated heterocycles. The summed E-state index contributed by atoms with van der Waals surface area (Å²) in [5, 5.41) is 9.45. The summed E-state index contributed by atoms with van der Waals surface area (Å²) in [6, 6.07) is 15.8. The second kappa shape index (κ2) is 4.60. The fourth-order valence-corrected chi connectivity index (χ4v) is 4.23. The lowest BCUT2D eigenvalue weighted by Gasteiger charge is -2.13. The minimum Gasteiger partial charge on any atom is -0.481 e. The number of para-hydroxylation sites is 1. The average Bonchev–Trinajstić information content (AvgIpc) is 2.94. The van der Waals surface area contributed by atoms with Crippen LogP contribution in [0.5, 0.6) is 11.5 Å². The van der Waals surface area contributed by atoms with Crippen molar-refractivity contribution in [1.29, 1.82) is 0 Å². The van der Waals surface area contributed by atoms with Crippen LogP contribution in [0.4, 0.5) is 0 Å². The summed E-state index contributed by atoms with van der Waals surface area (Å²) in [6.07, 6.45) is 1.91. The Balaban J connectivity index is 1.69. The number of aryl methyl sites for hydroxylation is 1. The molecule has 0 bridgehead atoms. The lowest BCUT2D eigenvalue weighted by molar-refractivity contribution is -0.139. The first-order valence-corrected chi connectivity index (χ1v) is 7.72. The zero-order valence-electron chi connectivity index (χ0n) is 12.5. The maximum Gasteiger partial charge on any atom is 0.307 e. The molecule has 3 nitrogen and oxygen atoms in total. The van der Waals surface area contributed by atoms with E-state index in [0.717, 1.165) is 24.3 Å². The molecule has 1 saturated carbocycles. The van der Waals surface area contributed by atoms with Crippen LogP contribution in [0.1, 0.15) is 24.5 Å². The Kier molecular flexibility index (Phi) is 2.80. The number of hydrogen-bond acceptors (Lipinski definition) is 2. The molecule has 2 aromatic rings. The molecule has 0 aliphatic heterocycles. The maximum atomic E-state index is 11.5. The summed E-state index contributed by atoms with van der Waals surface area (Å²) in [5.41, 5.74) is 2.29. The van der Waals surface area contributed by atoms with Gasteiger partial charge in [-0.25, -0.2) is 0 Å². The third-order valence-electron chi connectivity index (χ3n) is 5.39. The van der Waals surface area contributed by atoms with Gasteiger partial charge in [0, 0.05) is 5.41 Å². The Hall–Kier alpha value is -2.29. The largest absolute Gasteiger partial charge is 0.481 e. The van der Waals surface area contributed by atoms with E-state index in [0.29, 0.717) is 0 Å². The Morgan fingerprint density at radius 1 is 1.18 bits per heavy atom. The lowest BCUT2D eigenvalue weighted by atomic mass is 9.93. The molecule has 4 rings (SSSR count). The molecule has 2 aliphatic rings. The predicted molar refractivity (Wildman–Crippen MR) is 83.2 cm³/mol. The lowest BCUT2D eigenvalue weighted by Crippen LogP contribution is -2.11. The van der Waals surface area contributed by atoms with E-state index in [-0.39, 0.29) is 17.3 Å². The molecule has 2 aromatic carbocycles. The normalized spacial score (nSPS) is 28.4. The zero-order valence-corrected chi connectivity index (χ0v) is 12.5. The van der Waals surface area contributed by atoms with E-state index < -0.39 is 5.97 Å². The van der Waals surface area contributed by atoms with Gasteiger partial charge >= 0.3 is 5.97 Å². The molecule has 0 aromatic heterocycles. The van der Waals surface area contributed by atoms with Crippen LogP contribution in [0.2, 0.25) is 0 Å². The first-order valence-electron chi connectivity index (χ1n) is 7.72. The topological polar surface area (TPSA) is 46.5 Å². The highest BCUT2D eigenvalue weighted by Gasteiger charge is 2.68. The molecule has 0 heterocycles. The smallest absolute Gasteiger partial charge is 0.307 e. The summed E-state index contributed by atoms with van der Waals surface area (Å²) in [4.78, 5) is 11.5. The van der Waals surface area contributed by atoms with Crippen molar-refractivity contribution in [2.75, 3.05) is 0 Å². The van der Waals surface area contributed by atoms with E-state index in [2.05, 4.69) is 19.1 Å². The van der Waals surface area contributed by atoms with Crippen LogP contribution in [-0.2, 0) is 16.6 Å². The van der Waals surface area contributed by atoms with Crippen molar-refractivity contribution in [3.8, 4) is 11.5 Å². The molecule has 3 unspecified atom stereocenters. The number of benzene rings is 2. The Bertz CT molecular complexity index is 738. The van der Waals surface area contributed by atoms with Crippen LogP contribution < -0.4 is 4.74 Å². The number of aliphatic carboxylic acids is 1. The van der Waals surface area contributed by atoms with Gasteiger partial charge in [0.05, 0.1) is 5.92 Å². The third kappa shape index (κ3) is 1.78. The highest BCUT2D eigenvalue weighted by molar-refractivity contribution is 5.79. The van der Waals surface area contributed by atoms with Gasteiger partial charge in [0.1, 0.15) is 11.5 Å². The van der Waals surface area contributed by atoms with Crippen molar-refractivity contribution in [2.45, 2.75) is 25.2 Å².